The molecule has 0 bridgehead atoms. The second kappa shape index (κ2) is 4.67. The Balaban J connectivity index is 2.30. The number of anilines is 1. The van der Waals surface area contributed by atoms with Crippen LogP contribution in [0.4, 0.5) is 5.69 Å². The van der Waals surface area contributed by atoms with Crippen LogP contribution in [0.1, 0.15) is 19.3 Å². The Labute approximate surface area is 103 Å². The third kappa shape index (κ3) is 2.10. The zero-order chi connectivity index (χ0) is 11.5. The molecule has 0 spiro atoms. The van der Waals surface area contributed by atoms with E-state index in [1.54, 1.807) is 4.90 Å². The maximum Gasteiger partial charge on any atom is 0.227 e. The third-order valence-corrected chi connectivity index (χ3v) is 3.23. The summed E-state index contributed by atoms with van der Waals surface area (Å²) in [5.41, 5.74) is 0.872. The summed E-state index contributed by atoms with van der Waals surface area (Å²) in [5.74, 6) is 0.110. The van der Waals surface area contributed by atoms with E-state index in [1.165, 1.54) is 0 Å². The monoisotopic (exact) mass is 278 g/mol. The first-order valence-electron chi connectivity index (χ1n) is 5.17. The van der Waals surface area contributed by atoms with E-state index in [0.717, 1.165) is 16.6 Å². The maximum atomic E-state index is 11.8. The van der Waals surface area contributed by atoms with E-state index >= 15 is 0 Å². The van der Waals surface area contributed by atoms with E-state index in [9.17, 15) is 4.79 Å². The van der Waals surface area contributed by atoms with E-state index in [2.05, 4.69) is 22.0 Å². The molecular formula is C12H11BrN2O. The molecule has 1 heterocycles. The Hall–Kier alpha value is -1.34. The van der Waals surface area contributed by atoms with Gasteiger partial charge in [-0.15, -0.1) is 0 Å². The van der Waals surface area contributed by atoms with Gasteiger partial charge in [-0.2, -0.15) is 5.26 Å². The number of carbonyl (C=O) groups excluding carboxylic acids is 1. The fourth-order valence-electron chi connectivity index (χ4n) is 2.02. The summed E-state index contributed by atoms with van der Waals surface area (Å²) in [4.78, 5) is 13.5. The van der Waals surface area contributed by atoms with Crippen LogP contribution in [0.25, 0.3) is 0 Å². The molecule has 0 N–H and O–H groups in total. The van der Waals surface area contributed by atoms with E-state index in [-0.39, 0.29) is 11.9 Å². The van der Waals surface area contributed by atoms with Crippen LogP contribution in [0, 0.1) is 11.3 Å². The Morgan fingerprint density at radius 2 is 2.38 bits per heavy atom. The molecule has 0 aliphatic carbocycles. The predicted octanol–water partition coefficient (Wildman–Crippen LogP) is 2.86. The second-order valence-corrected chi connectivity index (χ2v) is 4.71. The number of benzene rings is 1. The van der Waals surface area contributed by atoms with Crippen molar-refractivity contribution in [3.63, 3.8) is 0 Å². The molecule has 1 atom stereocenters. The van der Waals surface area contributed by atoms with Crippen molar-refractivity contribution in [2.24, 2.45) is 0 Å². The highest BCUT2D eigenvalue weighted by atomic mass is 79.9. The van der Waals surface area contributed by atoms with E-state index < -0.39 is 0 Å². The quantitative estimate of drug-likeness (QED) is 0.835. The Morgan fingerprint density at radius 3 is 3.06 bits per heavy atom. The average Bonchev–Trinajstić information content (AvgIpc) is 2.60. The molecule has 1 aromatic carbocycles. The number of amides is 1. The summed E-state index contributed by atoms with van der Waals surface area (Å²) in [7, 11) is 0. The van der Waals surface area contributed by atoms with Crippen LogP contribution in [0.2, 0.25) is 0 Å². The number of halogens is 1. The summed E-state index contributed by atoms with van der Waals surface area (Å²) >= 11 is 3.39. The van der Waals surface area contributed by atoms with Gasteiger partial charge in [-0.1, -0.05) is 22.0 Å². The van der Waals surface area contributed by atoms with Crippen LogP contribution in [0.15, 0.2) is 28.7 Å². The van der Waals surface area contributed by atoms with Crippen LogP contribution >= 0.6 is 15.9 Å². The van der Waals surface area contributed by atoms with Crippen LogP contribution in [0.3, 0.4) is 0 Å². The van der Waals surface area contributed by atoms with Gasteiger partial charge in [0.1, 0.15) is 0 Å². The lowest BCUT2D eigenvalue weighted by molar-refractivity contribution is -0.117. The van der Waals surface area contributed by atoms with Crippen LogP contribution in [-0.4, -0.2) is 11.9 Å². The molecule has 3 nitrogen and oxygen atoms in total. The van der Waals surface area contributed by atoms with E-state index in [1.807, 2.05) is 24.3 Å². The highest BCUT2D eigenvalue weighted by Gasteiger charge is 2.31. The first-order chi connectivity index (χ1) is 7.72. The standard InChI is InChI=1S/C12H11BrN2O/c13-9-2-1-3-11(8-9)15-10(6-7-14)4-5-12(15)16/h1-3,8,10H,4-6H2. The van der Waals surface area contributed by atoms with Crippen molar-refractivity contribution in [3.05, 3.63) is 28.7 Å². The number of hydrogen-bond donors (Lipinski definition) is 0. The summed E-state index contributed by atoms with van der Waals surface area (Å²) in [6.07, 6.45) is 1.72. The molecule has 1 saturated heterocycles. The Bertz CT molecular complexity index is 453. The van der Waals surface area contributed by atoms with Crippen molar-refractivity contribution >= 4 is 27.5 Å². The molecule has 82 valence electrons. The van der Waals surface area contributed by atoms with E-state index in [0.29, 0.717) is 12.8 Å². The van der Waals surface area contributed by atoms with Crippen LogP contribution in [0.5, 0.6) is 0 Å². The van der Waals surface area contributed by atoms with Crippen molar-refractivity contribution in [2.75, 3.05) is 4.90 Å². The van der Waals surface area contributed by atoms with Gasteiger partial charge in [0.05, 0.1) is 18.5 Å². The number of carbonyl (C=O) groups is 1. The lowest BCUT2D eigenvalue weighted by atomic mass is 10.1. The average molecular weight is 279 g/mol. The summed E-state index contributed by atoms with van der Waals surface area (Å²) < 4.78 is 0.945. The maximum absolute atomic E-state index is 11.8. The largest absolute Gasteiger partial charge is 0.308 e. The fraction of sp³-hybridized carbons (Fsp3) is 0.333. The minimum absolute atomic E-state index is 0.0341. The van der Waals surface area contributed by atoms with Gasteiger partial charge in [-0.25, -0.2) is 0 Å². The van der Waals surface area contributed by atoms with Gasteiger partial charge in [0.25, 0.3) is 0 Å². The first-order valence-corrected chi connectivity index (χ1v) is 5.96. The molecule has 1 aromatic rings. The summed E-state index contributed by atoms with van der Waals surface area (Å²) in [6, 6.07) is 9.80. The van der Waals surface area contributed by atoms with Gasteiger partial charge >= 0.3 is 0 Å². The molecule has 0 radical (unpaired) electrons. The normalized spacial score (nSPS) is 19.9. The van der Waals surface area contributed by atoms with Crippen LogP contribution in [-0.2, 0) is 4.79 Å². The SMILES string of the molecule is N#CCC1CCC(=O)N1c1cccc(Br)c1. The van der Waals surface area contributed by atoms with Crippen molar-refractivity contribution < 1.29 is 4.79 Å². The zero-order valence-electron chi connectivity index (χ0n) is 8.69. The fourth-order valence-corrected chi connectivity index (χ4v) is 2.41. The molecule has 4 heteroatoms. The topological polar surface area (TPSA) is 44.1 Å². The van der Waals surface area contributed by atoms with Crippen molar-refractivity contribution in [3.8, 4) is 6.07 Å². The van der Waals surface area contributed by atoms with E-state index in [4.69, 9.17) is 5.26 Å². The molecule has 1 aliphatic rings. The molecule has 1 fully saturated rings. The van der Waals surface area contributed by atoms with Crippen molar-refractivity contribution in [2.45, 2.75) is 25.3 Å². The van der Waals surface area contributed by atoms with Gasteiger partial charge in [-0.05, 0) is 24.6 Å². The highest BCUT2D eigenvalue weighted by Crippen LogP contribution is 2.29. The second-order valence-electron chi connectivity index (χ2n) is 3.80. The molecular weight excluding hydrogens is 268 g/mol. The van der Waals surface area contributed by atoms with Gasteiger partial charge in [0.2, 0.25) is 5.91 Å². The highest BCUT2D eigenvalue weighted by molar-refractivity contribution is 9.10. The Kier molecular flexibility index (Phi) is 3.25. The number of nitriles is 1. The molecule has 16 heavy (non-hydrogen) atoms. The lowest BCUT2D eigenvalue weighted by Crippen LogP contribution is -2.32. The molecule has 1 amide bonds. The summed E-state index contributed by atoms with van der Waals surface area (Å²) in [6.45, 7) is 0. The smallest absolute Gasteiger partial charge is 0.227 e. The summed E-state index contributed by atoms with van der Waals surface area (Å²) in [5, 5.41) is 8.73. The molecule has 0 saturated carbocycles. The number of hydrogen-bond acceptors (Lipinski definition) is 2. The van der Waals surface area contributed by atoms with Gasteiger partial charge in [-0.3, -0.25) is 4.79 Å². The van der Waals surface area contributed by atoms with Gasteiger partial charge < -0.3 is 4.90 Å². The minimum atomic E-state index is 0.0341. The minimum Gasteiger partial charge on any atom is -0.308 e. The van der Waals surface area contributed by atoms with Gasteiger partial charge in [0, 0.05) is 16.6 Å². The number of rotatable bonds is 2. The van der Waals surface area contributed by atoms with Crippen molar-refractivity contribution in [1.29, 1.82) is 5.26 Å². The lowest BCUT2D eigenvalue weighted by Gasteiger charge is -2.23. The van der Waals surface area contributed by atoms with Gasteiger partial charge in [0.15, 0.2) is 0 Å². The predicted molar refractivity (Wildman–Crippen MR) is 64.9 cm³/mol. The molecule has 1 aliphatic heterocycles. The first kappa shape index (κ1) is 11.2. The molecule has 2 rings (SSSR count). The molecule has 0 aromatic heterocycles. The number of nitrogens with zero attached hydrogens (tertiary/aromatic N) is 2. The van der Waals surface area contributed by atoms with Crippen LogP contribution < -0.4 is 4.90 Å². The molecule has 1 unspecified atom stereocenters. The Morgan fingerprint density at radius 1 is 1.56 bits per heavy atom. The third-order valence-electron chi connectivity index (χ3n) is 2.74. The zero-order valence-corrected chi connectivity index (χ0v) is 10.3. The van der Waals surface area contributed by atoms with Crippen molar-refractivity contribution in [1.82, 2.24) is 0 Å².